The standard InChI is InChI=1S/C16H14N2OS2/c19-16(17-10-12-4-2-7-20-12)13-9-11-3-1-5-14-15(11)18(13)6-8-21-14/h1-5,7,9H,6,8,10H2,(H,17,19). The second kappa shape index (κ2) is 5.24. The number of para-hydroxylation sites is 1. The Morgan fingerprint density at radius 3 is 3.10 bits per heavy atom. The summed E-state index contributed by atoms with van der Waals surface area (Å²) in [4.78, 5) is 14.9. The summed E-state index contributed by atoms with van der Waals surface area (Å²) >= 11 is 3.53. The molecule has 1 N–H and O–H groups in total. The van der Waals surface area contributed by atoms with Gasteiger partial charge in [-0.05, 0) is 23.6 Å². The number of thiophene rings is 1. The first-order valence-electron chi connectivity index (χ1n) is 6.88. The van der Waals surface area contributed by atoms with E-state index in [4.69, 9.17) is 0 Å². The molecular formula is C16H14N2OS2. The Labute approximate surface area is 131 Å². The molecule has 0 radical (unpaired) electrons. The van der Waals surface area contributed by atoms with Crippen molar-refractivity contribution in [3.8, 4) is 0 Å². The maximum atomic E-state index is 12.5. The van der Waals surface area contributed by atoms with E-state index in [1.807, 2.05) is 35.3 Å². The summed E-state index contributed by atoms with van der Waals surface area (Å²) in [5.74, 6) is 1.03. The Morgan fingerprint density at radius 2 is 2.24 bits per heavy atom. The van der Waals surface area contributed by atoms with Crippen molar-refractivity contribution in [1.29, 1.82) is 0 Å². The van der Waals surface area contributed by atoms with E-state index < -0.39 is 0 Å². The molecule has 21 heavy (non-hydrogen) atoms. The fourth-order valence-electron chi connectivity index (χ4n) is 2.75. The minimum absolute atomic E-state index is 0.0115. The number of amides is 1. The number of carbonyl (C=O) groups is 1. The zero-order valence-electron chi connectivity index (χ0n) is 11.3. The van der Waals surface area contributed by atoms with E-state index >= 15 is 0 Å². The topological polar surface area (TPSA) is 34.0 Å². The molecule has 3 nitrogen and oxygen atoms in total. The fourth-order valence-corrected chi connectivity index (χ4v) is 4.42. The third-order valence-electron chi connectivity index (χ3n) is 3.69. The van der Waals surface area contributed by atoms with Crippen LogP contribution in [0.25, 0.3) is 10.9 Å². The Balaban J connectivity index is 1.67. The first-order valence-corrected chi connectivity index (χ1v) is 8.75. The minimum Gasteiger partial charge on any atom is -0.346 e. The molecule has 0 unspecified atom stereocenters. The number of benzene rings is 1. The van der Waals surface area contributed by atoms with Crippen LogP contribution in [0.1, 0.15) is 15.4 Å². The lowest BCUT2D eigenvalue weighted by Crippen LogP contribution is -2.25. The van der Waals surface area contributed by atoms with Gasteiger partial charge in [-0.1, -0.05) is 18.2 Å². The first kappa shape index (κ1) is 13.0. The molecule has 3 aromatic rings. The van der Waals surface area contributed by atoms with Gasteiger partial charge in [-0.3, -0.25) is 4.79 Å². The van der Waals surface area contributed by atoms with Crippen LogP contribution in [0.15, 0.2) is 46.7 Å². The molecule has 0 bridgehead atoms. The van der Waals surface area contributed by atoms with Gasteiger partial charge in [0, 0.05) is 27.5 Å². The van der Waals surface area contributed by atoms with Gasteiger partial charge in [-0.25, -0.2) is 0 Å². The molecule has 0 spiro atoms. The number of aryl methyl sites for hydroxylation is 1. The second-order valence-corrected chi connectivity index (χ2v) is 7.15. The normalized spacial score (nSPS) is 13.5. The third-order valence-corrected chi connectivity index (χ3v) is 5.60. The zero-order valence-corrected chi connectivity index (χ0v) is 13.0. The number of thioether (sulfide) groups is 1. The fraction of sp³-hybridized carbons (Fsp3) is 0.188. The molecule has 0 atom stereocenters. The van der Waals surface area contributed by atoms with Crippen LogP contribution in [-0.2, 0) is 13.1 Å². The lowest BCUT2D eigenvalue weighted by atomic mass is 10.2. The summed E-state index contributed by atoms with van der Waals surface area (Å²) in [5.41, 5.74) is 1.98. The molecule has 0 saturated heterocycles. The van der Waals surface area contributed by atoms with E-state index in [9.17, 15) is 4.79 Å². The van der Waals surface area contributed by atoms with Gasteiger partial charge >= 0.3 is 0 Å². The van der Waals surface area contributed by atoms with Crippen molar-refractivity contribution in [2.75, 3.05) is 5.75 Å². The molecule has 1 aliphatic heterocycles. The summed E-state index contributed by atoms with van der Waals surface area (Å²) in [7, 11) is 0. The van der Waals surface area contributed by atoms with E-state index in [2.05, 4.69) is 28.1 Å². The molecule has 0 fully saturated rings. The Kier molecular flexibility index (Phi) is 3.24. The predicted octanol–water partition coefficient (Wildman–Crippen LogP) is 3.74. The van der Waals surface area contributed by atoms with Crippen LogP contribution in [0.3, 0.4) is 0 Å². The van der Waals surface area contributed by atoms with E-state index in [-0.39, 0.29) is 5.91 Å². The van der Waals surface area contributed by atoms with E-state index in [1.54, 1.807) is 11.3 Å². The lowest BCUT2D eigenvalue weighted by Gasteiger charge is -2.17. The van der Waals surface area contributed by atoms with Crippen molar-refractivity contribution < 1.29 is 4.79 Å². The van der Waals surface area contributed by atoms with Crippen LogP contribution in [-0.4, -0.2) is 16.2 Å². The van der Waals surface area contributed by atoms with Crippen LogP contribution in [0.5, 0.6) is 0 Å². The van der Waals surface area contributed by atoms with E-state index in [1.165, 1.54) is 15.3 Å². The van der Waals surface area contributed by atoms with E-state index in [0.29, 0.717) is 6.54 Å². The molecule has 1 aromatic carbocycles. The first-order chi connectivity index (χ1) is 10.3. The molecule has 0 aliphatic carbocycles. The van der Waals surface area contributed by atoms with Gasteiger partial charge in [0.2, 0.25) is 0 Å². The monoisotopic (exact) mass is 314 g/mol. The van der Waals surface area contributed by atoms with Crippen molar-refractivity contribution in [3.05, 3.63) is 52.3 Å². The number of hydrogen-bond donors (Lipinski definition) is 1. The highest BCUT2D eigenvalue weighted by molar-refractivity contribution is 7.99. The number of carbonyl (C=O) groups excluding carboxylic acids is 1. The van der Waals surface area contributed by atoms with E-state index in [0.717, 1.165) is 23.4 Å². The van der Waals surface area contributed by atoms with Gasteiger partial charge in [-0.15, -0.1) is 23.1 Å². The molecule has 3 heterocycles. The van der Waals surface area contributed by atoms with Gasteiger partial charge in [0.15, 0.2) is 0 Å². The predicted molar refractivity (Wildman–Crippen MR) is 88.2 cm³/mol. The number of nitrogens with zero attached hydrogens (tertiary/aromatic N) is 1. The smallest absolute Gasteiger partial charge is 0.268 e. The van der Waals surface area contributed by atoms with Crippen LogP contribution in [0.2, 0.25) is 0 Å². The van der Waals surface area contributed by atoms with Gasteiger partial charge in [-0.2, -0.15) is 0 Å². The zero-order chi connectivity index (χ0) is 14.2. The average Bonchev–Trinajstić information content (AvgIpc) is 3.15. The molecule has 1 aliphatic rings. The number of aromatic nitrogens is 1. The highest BCUT2D eigenvalue weighted by Crippen LogP contribution is 2.34. The quantitative estimate of drug-likeness (QED) is 0.799. The average molecular weight is 314 g/mol. The van der Waals surface area contributed by atoms with Crippen LogP contribution in [0.4, 0.5) is 0 Å². The molecule has 5 heteroatoms. The Bertz CT molecular complexity index is 805. The lowest BCUT2D eigenvalue weighted by molar-refractivity contribution is 0.0942. The maximum Gasteiger partial charge on any atom is 0.268 e. The summed E-state index contributed by atoms with van der Waals surface area (Å²) in [6, 6.07) is 12.3. The van der Waals surface area contributed by atoms with Crippen molar-refractivity contribution in [2.45, 2.75) is 18.0 Å². The van der Waals surface area contributed by atoms with Crippen molar-refractivity contribution in [2.24, 2.45) is 0 Å². The number of rotatable bonds is 3. The van der Waals surface area contributed by atoms with Gasteiger partial charge in [0.25, 0.3) is 5.91 Å². The molecule has 2 aromatic heterocycles. The number of nitrogens with one attached hydrogen (secondary N) is 1. The summed E-state index contributed by atoms with van der Waals surface area (Å²) in [5, 5.41) is 6.21. The summed E-state index contributed by atoms with van der Waals surface area (Å²) < 4.78 is 2.16. The number of hydrogen-bond acceptors (Lipinski definition) is 3. The van der Waals surface area contributed by atoms with Crippen LogP contribution < -0.4 is 5.32 Å². The van der Waals surface area contributed by atoms with Crippen molar-refractivity contribution >= 4 is 39.9 Å². The molecule has 0 saturated carbocycles. The van der Waals surface area contributed by atoms with Gasteiger partial charge < -0.3 is 9.88 Å². The third kappa shape index (κ3) is 2.26. The summed E-state index contributed by atoms with van der Waals surface area (Å²) in [6.45, 7) is 1.49. The highest BCUT2D eigenvalue weighted by Gasteiger charge is 2.20. The van der Waals surface area contributed by atoms with Crippen LogP contribution >= 0.6 is 23.1 Å². The van der Waals surface area contributed by atoms with Gasteiger partial charge in [0.05, 0.1) is 12.1 Å². The largest absolute Gasteiger partial charge is 0.346 e. The highest BCUT2D eigenvalue weighted by atomic mass is 32.2. The van der Waals surface area contributed by atoms with Crippen LogP contribution in [0, 0.1) is 0 Å². The molecule has 106 valence electrons. The van der Waals surface area contributed by atoms with Crippen molar-refractivity contribution in [1.82, 2.24) is 9.88 Å². The van der Waals surface area contributed by atoms with Gasteiger partial charge in [0.1, 0.15) is 5.69 Å². The van der Waals surface area contributed by atoms with Crippen molar-refractivity contribution in [3.63, 3.8) is 0 Å². The SMILES string of the molecule is O=C(NCc1cccs1)c1cc2cccc3c2n1CCS3. The molecular weight excluding hydrogens is 300 g/mol. The Hall–Kier alpha value is -1.72. The second-order valence-electron chi connectivity index (χ2n) is 4.99. The summed E-state index contributed by atoms with van der Waals surface area (Å²) in [6.07, 6.45) is 0. The minimum atomic E-state index is 0.0115. The molecule has 1 amide bonds. The molecule has 4 rings (SSSR count). The Morgan fingerprint density at radius 1 is 1.29 bits per heavy atom. The maximum absolute atomic E-state index is 12.5.